The van der Waals surface area contributed by atoms with Gasteiger partial charge in [-0.15, -0.1) is 0 Å². The molecular weight excluding hydrogens is 803 g/mol. The minimum atomic E-state index is -1.40. The third kappa shape index (κ3) is 37.2. The second-order valence-corrected chi connectivity index (χ2v) is 171. The third-order valence-electron chi connectivity index (χ3n) is 0.678. The molecule has 0 bridgehead atoms. The predicted molar refractivity (Wildman–Crippen MR) is 93.8 cm³/mol. The monoisotopic (exact) mass is 818 g/mol. The van der Waals surface area contributed by atoms with Gasteiger partial charge in [0.15, 0.2) is 0 Å². The fraction of sp³-hybridized carbons (Fsp3) is 1.00. The number of hydrazine groups is 1. The second kappa shape index (κ2) is 11.3. The molecule has 0 aliphatic rings. The number of rotatable bonds is 3. The Morgan fingerprint density at radius 1 is 1.17 bits per heavy atom. The van der Waals surface area contributed by atoms with Gasteiger partial charge < -0.3 is 0 Å². The maximum absolute atomic E-state index is 3.13. The predicted octanol–water partition coefficient (Wildman–Crippen LogP) is 3.62. The summed E-state index contributed by atoms with van der Waals surface area (Å²) in [5.74, 6) is 0. The van der Waals surface area contributed by atoms with Crippen LogP contribution in [0.4, 0.5) is 0 Å². The van der Waals surface area contributed by atoms with Crippen molar-refractivity contribution in [1.29, 1.82) is 0 Å². The summed E-state index contributed by atoms with van der Waals surface area (Å²) >= 11 is 10.2. The van der Waals surface area contributed by atoms with Gasteiger partial charge in [-0.05, 0) is 6.42 Å². The molecule has 7 heteroatoms. The molecule has 12 heavy (non-hydrogen) atoms. The number of nitrogens with zero attached hydrogens (tertiary/aromatic N) is 1. The first kappa shape index (κ1) is 18.1. The van der Waals surface area contributed by atoms with Gasteiger partial charge in [0.2, 0.25) is 0 Å². The molecule has 0 radical (unpaired) electrons. The van der Waals surface area contributed by atoms with Gasteiger partial charge >= 0.3 is 75.0 Å². The molecule has 0 amide bonds. The molecule has 76 valence electrons. The molecule has 0 aromatic carbocycles. The van der Waals surface area contributed by atoms with Crippen LogP contribution >= 0.6 is 71.0 Å². The maximum atomic E-state index is 3.13. The normalized spacial score (nSPS) is 11.0. The second-order valence-electron chi connectivity index (χ2n) is 2.23. The minimum absolute atomic E-state index is 1.08. The molecule has 2 nitrogen and oxygen atoms in total. The van der Waals surface area contributed by atoms with Crippen LogP contribution < -0.4 is 5.43 Å². The van der Waals surface area contributed by atoms with E-state index in [2.05, 4.69) is 83.4 Å². The Labute approximate surface area is 116 Å². The number of hydrogen-bond donors (Lipinski definition) is 1. The Bertz CT molecular complexity index is 89.9. The first-order chi connectivity index (χ1) is 5.27. The summed E-state index contributed by atoms with van der Waals surface area (Å²) in [6, 6.07) is 0. The summed E-state index contributed by atoms with van der Waals surface area (Å²) < 4.78 is -1.40. The first-order valence-electron chi connectivity index (χ1n) is 3.43. The Morgan fingerprint density at radius 3 is 1.58 bits per heavy atom. The van der Waals surface area contributed by atoms with E-state index >= 15 is 0 Å². The zero-order valence-corrected chi connectivity index (χ0v) is 19.9. The van der Waals surface area contributed by atoms with Gasteiger partial charge in [0.25, 0.3) is 0 Å². The van der Waals surface area contributed by atoms with Crippen molar-refractivity contribution >= 4 is 75.0 Å². The summed E-state index contributed by atoms with van der Waals surface area (Å²) in [5.41, 5.74) is 3.13. The van der Waals surface area contributed by atoms with Crippen LogP contribution in [0.3, 0.4) is 0 Å². The van der Waals surface area contributed by atoms with Gasteiger partial charge in [-0.1, -0.05) is 6.92 Å². The van der Waals surface area contributed by atoms with Gasteiger partial charge in [-0.3, -0.25) is 10.4 Å². The summed E-state index contributed by atoms with van der Waals surface area (Å²) in [6.45, 7) is 3.23. The Hall–Kier alpha value is 3.76. The molecule has 0 aliphatic heterocycles. The molecule has 0 spiro atoms. The van der Waals surface area contributed by atoms with Crippen LogP contribution in [-0.4, -0.2) is 29.6 Å². The van der Waals surface area contributed by atoms with Crippen molar-refractivity contribution in [2.24, 2.45) is 0 Å². The number of halogens is 4. The van der Waals surface area contributed by atoms with E-state index < -0.39 is 4.00 Å². The van der Waals surface area contributed by atoms with Crippen molar-refractivity contribution in [1.82, 2.24) is 10.4 Å². The molecular formula is C5H14I4N2Pb. The SMILES string of the molecule is CCCNN(C)C.[I][Pb]([I])([I])[I]. The van der Waals surface area contributed by atoms with Crippen molar-refractivity contribution in [3.8, 4) is 0 Å². The Kier molecular flexibility index (Phi) is 17.0. The molecule has 1 N–H and O–H groups in total. The summed E-state index contributed by atoms with van der Waals surface area (Å²) in [5, 5.41) is 1.96. The fourth-order valence-corrected chi connectivity index (χ4v) is 0.335. The van der Waals surface area contributed by atoms with E-state index in [1.165, 1.54) is 6.42 Å². The van der Waals surface area contributed by atoms with Gasteiger partial charge in [0.05, 0.1) is 0 Å². The van der Waals surface area contributed by atoms with E-state index in [0.29, 0.717) is 0 Å². The van der Waals surface area contributed by atoms with Gasteiger partial charge in [0, 0.05) is 20.6 Å². The van der Waals surface area contributed by atoms with E-state index in [1.807, 2.05) is 19.1 Å². The molecule has 0 fully saturated rings. The zero-order chi connectivity index (χ0) is 10.2. The third-order valence-corrected chi connectivity index (χ3v) is 0.678. The van der Waals surface area contributed by atoms with Crippen LogP contribution in [0.25, 0.3) is 0 Å². The van der Waals surface area contributed by atoms with Gasteiger partial charge in [-0.25, -0.2) is 0 Å². The van der Waals surface area contributed by atoms with E-state index in [9.17, 15) is 0 Å². The summed E-state index contributed by atoms with van der Waals surface area (Å²) in [4.78, 5) is 0. The van der Waals surface area contributed by atoms with Gasteiger partial charge in [0.1, 0.15) is 0 Å². The quantitative estimate of drug-likeness (QED) is 0.267. The fourth-order valence-electron chi connectivity index (χ4n) is 0.335. The molecule has 0 aliphatic carbocycles. The van der Waals surface area contributed by atoms with Crippen LogP contribution in [0.1, 0.15) is 13.3 Å². The van der Waals surface area contributed by atoms with E-state index in [1.54, 1.807) is 0 Å². The molecule has 0 atom stereocenters. The van der Waals surface area contributed by atoms with E-state index in [4.69, 9.17) is 0 Å². The molecule has 0 saturated carbocycles. The molecule has 0 rings (SSSR count). The van der Waals surface area contributed by atoms with Crippen molar-refractivity contribution in [3.63, 3.8) is 0 Å². The van der Waals surface area contributed by atoms with Crippen LogP contribution in [0.5, 0.6) is 0 Å². The van der Waals surface area contributed by atoms with Crippen molar-refractivity contribution in [2.75, 3.05) is 20.6 Å². The average molecular weight is 817 g/mol. The van der Waals surface area contributed by atoms with Crippen LogP contribution in [0.2, 0.25) is 0 Å². The Balaban J connectivity index is 0. The first-order valence-corrected chi connectivity index (χ1v) is 47.2. The molecule has 0 saturated heterocycles. The zero-order valence-electron chi connectivity index (χ0n) is 7.37. The average Bonchev–Trinajstić information content (AvgIpc) is 1.79. The molecule has 0 aromatic rings. The van der Waals surface area contributed by atoms with Crippen LogP contribution in [-0.2, 0) is 0 Å². The summed E-state index contributed by atoms with van der Waals surface area (Å²) in [7, 11) is 3.99. The molecule has 0 aromatic heterocycles. The number of nitrogens with one attached hydrogen (secondary N) is 1. The molecule has 0 heterocycles. The Morgan fingerprint density at radius 2 is 1.50 bits per heavy atom. The van der Waals surface area contributed by atoms with Crippen LogP contribution in [0, 0.1) is 0 Å². The van der Waals surface area contributed by atoms with E-state index in [-0.39, 0.29) is 0 Å². The van der Waals surface area contributed by atoms with Crippen molar-refractivity contribution in [3.05, 3.63) is 0 Å². The molecule has 0 unspecified atom stereocenters. The summed E-state index contributed by atoms with van der Waals surface area (Å²) in [6.07, 6.45) is 1.19. The topological polar surface area (TPSA) is 15.3 Å². The van der Waals surface area contributed by atoms with Crippen LogP contribution in [0.15, 0.2) is 0 Å². The van der Waals surface area contributed by atoms with E-state index in [0.717, 1.165) is 6.54 Å². The van der Waals surface area contributed by atoms with Crippen molar-refractivity contribution in [2.45, 2.75) is 13.3 Å². The standard InChI is InChI=1S/C5H14N2.4HI.Pb/c1-4-5-6-7(2)3;;;;;/h6H,4-5H2,1-3H3;4*1H;/q;;;;;+4/p-4. The van der Waals surface area contributed by atoms with Crippen molar-refractivity contribution < 1.29 is 0 Å². The van der Waals surface area contributed by atoms with Gasteiger partial charge in [-0.2, -0.15) is 0 Å². The number of hydrogen-bond acceptors (Lipinski definition) is 2.